The lowest BCUT2D eigenvalue weighted by molar-refractivity contribution is 0.0857. The fourth-order valence-electron chi connectivity index (χ4n) is 3.29. The van der Waals surface area contributed by atoms with Gasteiger partial charge in [-0.05, 0) is 55.7 Å². The Morgan fingerprint density at radius 1 is 1.16 bits per heavy atom. The summed E-state index contributed by atoms with van der Waals surface area (Å²) in [5, 5.41) is 14.5. The first kappa shape index (κ1) is 21.9. The SMILES string of the molecule is Cc1cccc(OCc2nnc(C(=O)Nc3cccc(C(=O)NC[C@@H]4CCCO4)c3)s2)c1. The largest absolute Gasteiger partial charge is 0.486 e. The molecule has 4 rings (SSSR count). The molecular formula is C23H24N4O4S. The summed E-state index contributed by atoms with van der Waals surface area (Å²) in [5.74, 6) is 0.144. The highest BCUT2D eigenvalue weighted by molar-refractivity contribution is 7.13. The zero-order valence-electron chi connectivity index (χ0n) is 17.7. The molecule has 0 radical (unpaired) electrons. The molecule has 1 aliphatic rings. The minimum Gasteiger partial charge on any atom is -0.486 e. The van der Waals surface area contributed by atoms with Crippen molar-refractivity contribution in [3.8, 4) is 5.75 Å². The fourth-order valence-corrected chi connectivity index (χ4v) is 3.94. The highest BCUT2D eigenvalue weighted by Crippen LogP contribution is 2.18. The van der Waals surface area contributed by atoms with E-state index in [4.69, 9.17) is 9.47 Å². The molecule has 1 aliphatic heterocycles. The molecule has 0 unspecified atom stereocenters. The third-order valence-corrected chi connectivity index (χ3v) is 5.81. The molecule has 1 atom stereocenters. The highest BCUT2D eigenvalue weighted by atomic mass is 32.1. The van der Waals surface area contributed by atoms with Gasteiger partial charge in [-0.25, -0.2) is 0 Å². The van der Waals surface area contributed by atoms with E-state index < -0.39 is 0 Å². The van der Waals surface area contributed by atoms with E-state index in [-0.39, 0.29) is 29.5 Å². The van der Waals surface area contributed by atoms with Gasteiger partial charge >= 0.3 is 0 Å². The van der Waals surface area contributed by atoms with Crippen LogP contribution in [0.3, 0.4) is 0 Å². The van der Waals surface area contributed by atoms with Gasteiger partial charge in [0.05, 0.1) is 6.10 Å². The van der Waals surface area contributed by atoms with Crippen LogP contribution in [0.5, 0.6) is 5.75 Å². The number of hydrogen-bond donors (Lipinski definition) is 2. The van der Waals surface area contributed by atoms with E-state index in [1.54, 1.807) is 24.3 Å². The van der Waals surface area contributed by atoms with Crippen LogP contribution in [0.2, 0.25) is 0 Å². The monoisotopic (exact) mass is 452 g/mol. The van der Waals surface area contributed by atoms with Crippen molar-refractivity contribution in [2.75, 3.05) is 18.5 Å². The Morgan fingerprint density at radius 2 is 2.03 bits per heavy atom. The van der Waals surface area contributed by atoms with Gasteiger partial charge in [0, 0.05) is 24.4 Å². The van der Waals surface area contributed by atoms with Crippen LogP contribution >= 0.6 is 11.3 Å². The third-order valence-electron chi connectivity index (χ3n) is 4.91. The molecule has 9 heteroatoms. The molecule has 1 saturated heterocycles. The van der Waals surface area contributed by atoms with Crippen LogP contribution in [-0.2, 0) is 11.3 Å². The molecule has 166 valence electrons. The van der Waals surface area contributed by atoms with Crippen molar-refractivity contribution in [1.82, 2.24) is 15.5 Å². The van der Waals surface area contributed by atoms with Crippen molar-refractivity contribution in [2.45, 2.75) is 32.5 Å². The second-order valence-electron chi connectivity index (χ2n) is 7.49. The summed E-state index contributed by atoms with van der Waals surface area (Å²) in [7, 11) is 0. The van der Waals surface area contributed by atoms with E-state index in [9.17, 15) is 9.59 Å². The molecule has 1 aromatic heterocycles. The lowest BCUT2D eigenvalue weighted by Gasteiger charge is -2.11. The molecule has 8 nitrogen and oxygen atoms in total. The van der Waals surface area contributed by atoms with Crippen molar-refractivity contribution in [3.05, 3.63) is 69.7 Å². The number of ether oxygens (including phenoxy) is 2. The molecule has 0 aliphatic carbocycles. The molecule has 2 amide bonds. The number of carbonyl (C=O) groups is 2. The maximum atomic E-state index is 12.6. The normalized spacial score (nSPS) is 15.3. The Kier molecular flexibility index (Phi) is 7.08. The first-order chi connectivity index (χ1) is 15.6. The standard InChI is InChI=1S/C23H24N4O4S/c1-15-5-2-8-18(11-15)31-14-20-26-27-23(32-20)22(29)25-17-7-3-6-16(12-17)21(28)24-13-19-9-4-10-30-19/h2-3,5-8,11-12,19H,4,9-10,13-14H2,1H3,(H,24,28)(H,25,29)/t19-/m0/s1. The quantitative estimate of drug-likeness (QED) is 0.542. The summed E-state index contributed by atoms with van der Waals surface area (Å²) in [5.41, 5.74) is 2.07. The number of amides is 2. The second kappa shape index (κ2) is 10.3. The second-order valence-corrected chi connectivity index (χ2v) is 8.55. The van der Waals surface area contributed by atoms with Crippen LogP contribution in [-0.4, -0.2) is 41.3 Å². The number of benzene rings is 2. The van der Waals surface area contributed by atoms with Gasteiger partial charge in [-0.15, -0.1) is 10.2 Å². The highest BCUT2D eigenvalue weighted by Gasteiger charge is 2.18. The number of nitrogens with one attached hydrogen (secondary N) is 2. The summed E-state index contributed by atoms with van der Waals surface area (Å²) < 4.78 is 11.2. The zero-order valence-corrected chi connectivity index (χ0v) is 18.5. The van der Waals surface area contributed by atoms with Crippen molar-refractivity contribution < 1.29 is 19.1 Å². The predicted molar refractivity (Wildman–Crippen MR) is 121 cm³/mol. The molecule has 0 saturated carbocycles. The Hall–Kier alpha value is -3.30. The van der Waals surface area contributed by atoms with E-state index in [1.807, 2.05) is 31.2 Å². The lowest BCUT2D eigenvalue weighted by Crippen LogP contribution is -2.31. The van der Waals surface area contributed by atoms with Gasteiger partial charge in [0.15, 0.2) is 5.01 Å². The molecule has 2 N–H and O–H groups in total. The van der Waals surface area contributed by atoms with Crippen LogP contribution in [0.25, 0.3) is 0 Å². The summed E-state index contributed by atoms with van der Waals surface area (Å²) in [6.07, 6.45) is 2.05. The van der Waals surface area contributed by atoms with Crippen molar-refractivity contribution in [1.29, 1.82) is 0 Å². The maximum Gasteiger partial charge on any atom is 0.286 e. The Morgan fingerprint density at radius 3 is 2.84 bits per heavy atom. The minimum absolute atomic E-state index is 0.0725. The average molecular weight is 453 g/mol. The van der Waals surface area contributed by atoms with E-state index in [0.29, 0.717) is 22.8 Å². The van der Waals surface area contributed by atoms with Crippen LogP contribution in [0, 0.1) is 6.92 Å². The van der Waals surface area contributed by atoms with Gasteiger partial charge in [0.1, 0.15) is 12.4 Å². The average Bonchev–Trinajstić information content (AvgIpc) is 3.48. The summed E-state index contributed by atoms with van der Waals surface area (Å²) in [6.45, 7) is 3.44. The number of anilines is 1. The fraction of sp³-hybridized carbons (Fsp3) is 0.304. The maximum absolute atomic E-state index is 12.6. The van der Waals surface area contributed by atoms with Crippen molar-refractivity contribution in [2.24, 2.45) is 0 Å². The van der Waals surface area contributed by atoms with Crippen LogP contribution in [0.15, 0.2) is 48.5 Å². The number of nitrogens with zero attached hydrogens (tertiary/aromatic N) is 2. The summed E-state index contributed by atoms with van der Waals surface area (Å²) >= 11 is 1.16. The lowest BCUT2D eigenvalue weighted by atomic mass is 10.1. The van der Waals surface area contributed by atoms with E-state index in [0.717, 1.165) is 42.1 Å². The zero-order chi connectivity index (χ0) is 22.3. The third kappa shape index (κ3) is 5.89. The van der Waals surface area contributed by atoms with E-state index >= 15 is 0 Å². The van der Waals surface area contributed by atoms with Gasteiger partial charge in [0.25, 0.3) is 11.8 Å². The predicted octanol–water partition coefficient (Wildman–Crippen LogP) is 3.59. The van der Waals surface area contributed by atoms with E-state index in [1.165, 1.54) is 0 Å². The van der Waals surface area contributed by atoms with Crippen LogP contribution < -0.4 is 15.4 Å². The molecule has 0 spiro atoms. The van der Waals surface area contributed by atoms with Crippen LogP contribution in [0.4, 0.5) is 5.69 Å². The molecule has 32 heavy (non-hydrogen) atoms. The molecular weight excluding hydrogens is 428 g/mol. The number of hydrogen-bond acceptors (Lipinski definition) is 7. The molecule has 2 aromatic carbocycles. The number of aryl methyl sites for hydroxylation is 1. The number of carbonyl (C=O) groups excluding carboxylic acids is 2. The van der Waals surface area contributed by atoms with Gasteiger partial charge in [-0.1, -0.05) is 29.5 Å². The molecule has 0 bridgehead atoms. The smallest absolute Gasteiger partial charge is 0.286 e. The van der Waals surface area contributed by atoms with Gasteiger partial charge in [-0.3, -0.25) is 9.59 Å². The minimum atomic E-state index is -0.388. The summed E-state index contributed by atoms with van der Waals surface area (Å²) in [4.78, 5) is 25.0. The van der Waals surface area contributed by atoms with Crippen molar-refractivity contribution >= 4 is 28.8 Å². The van der Waals surface area contributed by atoms with Crippen molar-refractivity contribution in [3.63, 3.8) is 0 Å². The number of aromatic nitrogens is 2. The molecule has 1 fully saturated rings. The number of rotatable bonds is 8. The topological polar surface area (TPSA) is 102 Å². The van der Waals surface area contributed by atoms with Gasteiger partial charge < -0.3 is 20.1 Å². The first-order valence-corrected chi connectivity index (χ1v) is 11.2. The Bertz CT molecular complexity index is 1090. The van der Waals surface area contributed by atoms with Gasteiger partial charge in [-0.2, -0.15) is 0 Å². The Labute approximate surface area is 190 Å². The van der Waals surface area contributed by atoms with Crippen LogP contribution in [0.1, 0.15) is 43.6 Å². The molecule has 3 aromatic rings. The first-order valence-electron chi connectivity index (χ1n) is 10.4. The molecule has 2 heterocycles. The Balaban J connectivity index is 1.31. The van der Waals surface area contributed by atoms with E-state index in [2.05, 4.69) is 20.8 Å². The summed E-state index contributed by atoms with van der Waals surface area (Å²) in [6, 6.07) is 14.5. The van der Waals surface area contributed by atoms with Gasteiger partial charge in [0.2, 0.25) is 5.01 Å².